The van der Waals surface area contributed by atoms with E-state index in [9.17, 15) is 9.59 Å². The van der Waals surface area contributed by atoms with Crippen molar-refractivity contribution in [2.45, 2.75) is 18.9 Å². The zero-order chi connectivity index (χ0) is 26.2. The van der Waals surface area contributed by atoms with E-state index in [1.807, 2.05) is 24.3 Å². The van der Waals surface area contributed by atoms with Gasteiger partial charge in [0.05, 0.1) is 30.7 Å². The van der Waals surface area contributed by atoms with Crippen LogP contribution in [-0.4, -0.2) is 47.8 Å². The van der Waals surface area contributed by atoms with E-state index in [2.05, 4.69) is 35.8 Å². The minimum Gasteiger partial charge on any atom is -0.340 e. The first-order valence-corrected chi connectivity index (χ1v) is 12.2. The first kappa shape index (κ1) is 23.8. The molecule has 12 heteroatoms. The Hall–Kier alpha value is -4.61. The third-order valence-electron chi connectivity index (χ3n) is 6.56. The van der Waals surface area contributed by atoms with Crippen LogP contribution in [0.5, 0.6) is 0 Å². The first-order chi connectivity index (χ1) is 18.5. The van der Waals surface area contributed by atoms with Gasteiger partial charge in [0.2, 0.25) is 0 Å². The van der Waals surface area contributed by atoms with E-state index in [1.54, 1.807) is 45.8 Å². The van der Waals surface area contributed by atoms with E-state index in [4.69, 9.17) is 11.6 Å². The second-order valence-electron chi connectivity index (χ2n) is 8.81. The normalized spacial score (nSPS) is 14.4. The van der Waals surface area contributed by atoms with Gasteiger partial charge in [-0.15, -0.1) is 5.10 Å². The minimum absolute atomic E-state index is 0.130. The molecule has 0 saturated carbocycles. The molecule has 0 bridgehead atoms. The number of hydrogen-bond acceptors (Lipinski definition) is 7. The van der Waals surface area contributed by atoms with Crippen LogP contribution in [0, 0.1) is 0 Å². The number of pyridine rings is 1. The summed E-state index contributed by atoms with van der Waals surface area (Å²) in [5.41, 5.74) is 7.44. The number of aryl methyl sites for hydroxylation is 1. The lowest BCUT2D eigenvalue weighted by Crippen LogP contribution is -2.23. The first-order valence-electron chi connectivity index (χ1n) is 11.8. The number of fused-ring (bicyclic) bond motifs is 1. The number of hydrogen-bond donors (Lipinski definition) is 2. The van der Waals surface area contributed by atoms with Gasteiger partial charge in [-0.3, -0.25) is 14.4 Å². The number of H-pyrrole nitrogens is 1. The number of nitrogens with zero attached hydrogens (tertiary/aromatic N) is 6. The van der Waals surface area contributed by atoms with Crippen molar-refractivity contribution in [3.63, 3.8) is 0 Å². The average molecular weight is 529 g/mol. The number of amides is 1. The molecule has 0 radical (unpaired) electrons. The van der Waals surface area contributed by atoms with E-state index >= 15 is 0 Å². The van der Waals surface area contributed by atoms with Crippen LogP contribution in [0.3, 0.4) is 0 Å². The number of rotatable bonds is 6. The van der Waals surface area contributed by atoms with Crippen LogP contribution in [0.15, 0.2) is 71.9 Å². The second kappa shape index (κ2) is 9.69. The van der Waals surface area contributed by atoms with Crippen molar-refractivity contribution >= 4 is 17.5 Å². The number of imidazole rings is 1. The molecule has 4 heterocycles. The van der Waals surface area contributed by atoms with Gasteiger partial charge in [-0.25, -0.2) is 10.5 Å². The number of carbonyl (C=O) groups excluding carboxylic acids is 1. The molecule has 11 nitrogen and oxygen atoms in total. The molecule has 1 amide bonds. The number of benzene rings is 2. The summed E-state index contributed by atoms with van der Waals surface area (Å²) in [4.78, 5) is 37.9. The van der Waals surface area contributed by atoms with Gasteiger partial charge in [0, 0.05) is 27.9 Å². The predicted octanol–water partition coefficient (Wildman–Crippen LogP) is 3.36. The largest absolute Gasteiger partial charge is 0.340 e. The molecule has 2 N–H and O–H groups in total. The lowest BCUT2D eigenvalue weighted by molar-refractivity contribution is 0.0537. The van der Waals surface area contributed by atoms with Gasteiger partial charge in [0.1, 0.15) is 12.2 Å². The Bertz CT molecular complexity index is 1690. The van der Waals surface area contributed by atoms with Crippen molar-refractivity contribution in [1.82, 2.24) is 40.2 Å². The van der Waals surface area contributed by atoms with E-state index in [1.165, 1.54) is 13.4 Å². The molecule has 6 rings (SSSR count). The predicted molar refractivity (Wildman–Crippen MR) is 139 cm³/mol. The lowest BCUT2D eigenvalue weighted by atomic mass is 10.0. The molecular formula is C26H21ClN8O3. The molecule has 0 spiro atoms. The Morgan fingerprint density at radius 2 is 1.97 bits per heavy atom. The van der Waals surface area contributed by atoms with Crippen LogP contribution in [0.2, 0.25) is 5.02 Å². The van der Waals surface area contributed by atoms with Gasteiger partial charge in [0.15, 0.2) is 0 Å². The highest BCUT2D eigenvalue weighted by molar-refractivity contribution is 6.31. The SMILES string of the molecule is CONC(=O)c1ccc(-c2cnc([C@@H]3CCc4cc(-c5cc(Cl)ccc5-n5cnnn5)cc(=O)n43)[nH]2)cc1. The molecule has 1 aliphatic rings. The van der Waals surface area contributed by atoms with Crippen LogP contribution in [0.4, 0.5) is 0 Å². The highest BCUT2D eigenvalue weighted by Gasteiger charge is 2.28. The fraction of sp³-hybridized carbons (Fsp3) is 0.154. The lowest BCUT2D eigenvalue weighted by Gasteiger charge is -2.15. The van der Waals surface area contributed by atoms with Crippen molar-refractivity contribution in [2.24, 2.45) is 0 Å². The van der Waals surface area contributed by atoms with Crippen LogP contribution >= 0.6 is 11.6 Å². The van der Waals surface area contributed by atoms with E-state index in [-0.39, 0.29) is 17.5 Å². The standard InChI is InChI=1S/C26H21ClN8O3/c1-38-31-26(37)16-4-2-15(3-5-16)21-13-28-25(30-21)23-9-7-19-10-17(11-24(36)35(19)23)20-12-18(27)6-8-22(20)34-14-29-32-33-34/h2-6,8,10-14,23H,7,9H2,1H3,(H,28,30)(H,31,37)/t23-/m0/s1. The van der Waals surface area contributed by atoms with Gasteiger partial charge in [0.25, 0.3) is 11.5 Å². The zero-order valence-corrected chi connectivity index (χ0v) is 20.9. The number of nitrogens with one attached hydrogen (secondary N) is 2. The number of aromatic amines is 1. The average Bonchev–Trinajstić information content (AvgIpc) is 3.70. The summed E-state index contributed by atoms with van der Waals surface area (Å²) in [5, 5.41) is 12.0. The maximum Gasteiger partial charge on any atom is 0.274 e. The summed E-state index contributed by atoms with van der Waals surface area (Å²) in [6.07, 6.45) is 4.69. The summed E-state index contributed by atoms with van der Waals surface area (Å²) in [6, 6.07) is 15.9. The number of carbonyl (C=O) groups is 1. The molecule has 190 valence electrons. The molecule has 0 saturated heterocycles. The van der Waals surface area contributed by atoms with E-state index in [0.29, 0.717) is 22.8 Å². The molecule has 2 aromatic carbocycles. The quantitative estimate of drug-likeness (QED) is 0.323. The van der Waals surface area contributed by atoms with E-state index in [0.717, 1.165) is 40.2 Å². The number of halogens is 1. The Labute approximate surface area is 221 Å². The zero-order valence-electron chi connectivity index (χ0n) is 20.1. The number of hydroxylamine groups is 1. The highest BCUT2D eigenvalue weighted by Crippen LogP contribution is 2.34. The fourth-order valence-electron chi connectivity index (χ4n) is 4.83. The van der Waals surface area contributed by atoms with Crippen LogP contribution in [-0.2, 0) is 11.3 Å². The van der Waals surface area contributed by atoms with Crippen molar-refractivity contribution in [1.29, 1.82) is 0 Å². The molecular weight excluding hydrogens is 508 g/mol. The Balaban J connectivity index is 1.31. The van der Waals surface area contributed by atoms with Crippen LogP contribution in [0.1, 0.15) is 34.3 Å². The summed E-state index contributed by atoms with van der Waals surface area (Å²) in [6.45, 7) is 0. The third kappa shape index (κ3) is 4.27. The van der Waals surface area contributed by atoms with Gasteiger partial charge in [-0.05, 0) is 70.8 Å². The highest BCUT2D eigenvalue weighted by atomic mass is 35.5. The summed E-state index contributed by atoms with van der Waals surface area (Å²) in [5.74, 6) is 0.375. The smallest absolute Gasteiger partial charge is 0.274 e. The Kier molecular flexibility index (Phi) is 6.06. The Morgan fingerprint density at radius 3 is 2.74 bits per heavy atom. The summed E-state index contributed by atoms with van der Waals surface area (Å²) >= 11 is 6.30. The van der Waals surface area contributed by atoms with Gasteiger partial charge < -0.3 is 9.55 Å². The maximum atomic E-state index is 13.4. The number of aromatic nitrogens is 7. The molecule has 1 atom stereocenters. The number of tetrazole rings is 1. The van der Waals surface area contributed by atoms with Crippen molar-refractivity contribution in [2.75, 3.05) is 7.11 Å². The van der Waals surface area contributed by atoms with Crippen molar-refractivity contribution < 1.29 is 9.63 Å². The van der Waals surface area contributed by atoms with Gasteiger partial charge in [-0.2, -0.15) is 4.68 Å². The molecule has 0 fully saturated rings. The molecule has 1 aliphatic heterocycles. The molecule has 38 heavy (non-hydrogen) atoms. The molecule has 5 aromatic rings. The topological polar surface area (TPSA) is 133 Å². The second-order valence-corrected chi connectivity index (χ2v) is 9.25. The van der Waals surface area contributed by atoms with Crippen molar-refractivity contribution in [3.05, 3.63) is 99.6 Å². The van der Waals surface area contributed by atoms with Crippen LogP contribution in [0.25, 0.3) is 28.1 Å². The van der Waals surface area contributed by atoms with Crippen molar-refractivity contribution in [3.8, 4) is 28.1 Å². The fourth-order valence-corrected chi connectivity index (χ4v) is 5.00. The van der Waals surface area contributed by atoms with Gasteiger partial charge >= 0.3 is 0 Å². The molecule has 0 aliphatic carbocycles. The monoisotopic (exact) mass is 528 g/mol. The minimum atomic E-state index is -0.325. The maximum absolute atomic E-state index is 13.4. The Morgan fingerprint density at radius 1 is 1.13 bits per heavy atom. The molecule has 0 unspecified atom stereocenters. The van der Waals surface area contributed by atoms with Crippen LogP contribution < -0.4 is 11.0 Å². The van der Waals surface area contributed by atoms with Gasteiger partial charge in [-0.1, -0.05) is 23.7 Å². The van der Waals surface area contributed by atoms with E-state index < -0.39 is 0 Å². The summed E-state index contributed by atoms with van der Waals surface area (Å²) < 4.78 is 3.33. The molecule has 3 aromatic heterocycles. The third-order valence-corrected chi connectivity index (χ3v) is 6.80. The summed E-state index contributed by atoms with van der Waals surface area (Å²) in [7, 11) is 1.39.